The van der Waals surface area contributed by atoms with Gasteiger partial charge in [-0.2, -0.15) is 0 Å². The van der Waals surface area contributed by atoms with Crippen LogP contribution in [0.1, 0.15) is 35.7 Å². The highest BCUT2D eigenvalue weighted by Gasteiger charge is 2.35. The average Bonchev–Trinajstić information content (AvgIpc) is 2.74. The fraction of sp³-hybridized carbons (Fsp3) is 0.227. The Kier molecular flexibility index (Phi) is 9.47. The van der Waals surface area contributed by atoms with Crippen LogP contribution in [-0.4, -0.2) is 41.4 Å². The second-order valence-electron chi connectivity index (χ2n) is 7.77. The third-order valence-electron chi connectivity index (χ3n) is 5.01. The zero-order chi connectivity index (χ0) is 27.0. The molecule has 2 amide bonds. The average molecular weight is 537 g/mol. The Morgan fingerprint density at radius 3 is 1.92 bits per heavy atom. The Morgan fingerprint density at radius 1 is 0.944 bits per heavy atom. The zero-order valence-electron chi connectivity index (χ0n) is 19.2. The second-order valence-corrected chi connectivity index (χ2v) is 8.64. The molecule has 2 aromatic rings. The van der Waals surface area contributed by atoms with Gasteiger partial charge >= 0.3 is 5.97 Å². The van der Waals surface area contributed by atoms with Gasteiger partial charge in [0.15, 0.2) is 11.9 Å². The van der Waals surface area contributed by atoms with E-state index in [2.05, 4.69) is 21.3 Å². The summed E-state index contributed by atoms with van der Waals surface area (Å²) in [5.74, 6) is -3.22. The Labute approximate surface area is 216 Å². The first-order valence-corrected chi connectivity index (χ1v) is 11.2. The van der Waals surface area contributed by atoms with Crippen molar-refractivity contribution in [3.8, 4) is 0 Å². The van der Waals surface area contributed by atoms with Gasteiger partial charge in [0.05, 0.1) is 18.5 Å². The molecular weight excluding hydrogens is 511 g/mol. The maximum atomic E-state index is 12.8. The van der Waals surface area contributed by atoms with Crippen LogP contribution in [0.25, 0.3) is 0 Å². The highest BCUT2D eigenvalue weighted by Crippen LogP contribution is 2.33. The molecule has 1 unspecified atom stereocenters. The number of guanidine groups is 2. The predicted molar refractivity (Wildman–Crippen MR) is 139 cm³/mol. The minimum Gasteiger partial charge on any atom is -0.481 e. The van der Waals surface area contributed by atoms with E-state index >= 15 is 0 Å². The van der Waals surface area contributed by atoms with Gasteiger partial charge in [-0.15, -0.1) is 0 Å². The summed E-state index contributed by atoms with van der Waals surface area (Å²) < 4.78 is 0. The van der Waals surface area contributed by atoms with Crippen molar-refractivity contribution in [3.63, 3.8) is 0 Å². The SMILES string of the molecule is CCC(CC(=O)O)(NC(=O)CNC(=O)c1cc(NC(=N)N)cc(NC(=N)N)c1)c1cc(Cl)cc(Cl)c1. The molecule has 0 aliphatic heterocycles. The number of carbonyl (C=O) groups excluding carboxylic acids is 2. The van der Waals surface area contributed by atoms with E-state index < -0.39 is 36.3 Å². The van der Waals surface area contributed by atoms with Crippen LogP contribution < -0.4 is 32.7 Å². The molecule has 12 nitrogen and oxygen atoms in total. The van der Waals surface area contributed by atoms with E-state index in [0.29, 0.717) is 5.56 Å². The van der Waals surface area contributed by atoms with Crippen molar-refractivity contribution >= 4 is 64.3 Å². The summed E-state index contributed by atoms with van der Waals surface area (Å²) >= 11 is 12.2. The number of nitrogens with one attached hydrogen (secondary N) is 6. The molecule has 0 spiro atoms. The largest absolute Gasteiger partial charge is 0.481 e. The Bertz CT molecular complexity index is 1150. The fourth-order valence-corrected chi connectivity index (χ4v) is 4.04. The molecule has 0 bridgehead atoms. The number of rotatable bonds is 10. The molecule has 192 valence electrons. The van der Waals surface area contributed by atoms with Gasteiger partial charge in [-0.25, -0.2) is 0 Å². The van der Waals surface area contributed by atoms with Crippen LogP contribution in [0.4, 0.5) is 11.4 Å². The van der Waals surface area contributed by atoms with Gasteiger partial charge < -0.3 is 37.8 Å². The molecule has 0 heterocycles. The van der Waals surface area contributed by atoms with E-state index in [4.69, 9.17) is 45.5 Å². The van der Waals surface area contributed by atoms with Gasteiger partial charge in [-0.1, -0.05) is 30.1 Å². The molecule has 0 aromatic heterocycles. The van der Waals surface area contributed by atoms with Crippen LogP contribution >= 0.6 is 23.2 Å². The number of benzene rings is 2. The van der Waals surface area contributed by atoms with Crippen LogP contribution in [0.2, 0.25) is 10.0 Å². The van der Waals surface area contributed by atoms with Crippen molar-refractivity contribution in [1.29, 1.82) is 10.8 Å². The lowest BCUT2D eigenvalue weighted by molar-refractivity contribution is -0.139. The molecule has 14 heteroatoms. The van der Waals surface area contributed by atoms with Gasteiger partial charge in [0, 0.05) is 27.0 Å². The van der Waals surface area contributed by atoms with Crippen molar-refractivity contribution in [2.45, 2.75) is 25.3 Å². The minimum absolute atomic E-state index is 0.0757. The van der Waals surface area contributed by atoms with Crippen molar-refractivity contribution in [2.24, 2.45) is 11.5 Å². The first kappa shape index (κ1) is 28.2. The number of hydrogen-bond donors (Lipinski definition) is 9. The van der Waals surface area contributed by atoms with Gasteiger partial charge in [-0.3, -0.25) is 25.2 Å². The van der Waals surface area contributed by atoms with Crippen LogP contribution in [0, 0.1) is 10.8 Å². The van der Waals surface area contributed by atoms with E-state index in [-0.39, 0.29) is 45.3 Å². The normalized spacial score (nSPS) is 12.1. The van der Waals surface area contributed by atoms with E-state index in [1.807, 2.05) is 0 Å². The molecule has 11 N–H and O–H groups in total. The Hall–Kier alpha value is -4.03. The summed E-state index contributed by atoms with van der Waals surface area (Å²) in [4.78, 5) is 37.2. The summed E-state index contributed by atoms with van der Waals surface area (Å²) in [5, 5.41) is 35.0. The van der Waals surface area contributed by atoms with Gasteiger partial charge in [0.25, 0.3) is 5.91 Å². The number of amides is 2. The molecule has 2 aromatic carbocycles. The Balaban J connectivity index is 2.24. The fourth-order valence-electron chi connectivity index (χ4n) is 3.51. The topological polar surface area (TPSA) is 219 Å². The molecule has 0 aliphatic carbocycles. The maximum absolute atomic E-state index is 12.8. The monoisotopic (exact) mass is 536 g/mol. The summed E-state index contributed by atoms with van der Waals surface area (Å²) in [6.07, 6.45) is -0.243. The highest BCUT2D eigenvalue weighted by atomic mass is 35.5. The van der Waals surface area contributed by atoms with Crippen LogP contribution in [0.15, 0.2) is 36.4 Å². The number of hydrogen-bond acceptors (Lipinski definition) is 5. The number of halogens is 2. The van der Waals surface area contributed by atoms with Crippen molar-refractivity contribution in [1.82, 2.24) is 10.6 Å². The molecule has 0 fully saturated rings. The first-order valence-electron chi connectivity index (χ1n) is 10.5. The quantitative estimate of drug-likeness (QED) is 0.161. The van der Waals surface area contributed by atoms with Gasteiger partial charge in [-0.05, 0) is 48.4 Å². The number of carboxylic acids is 1. The molecular formula is C22H26Cl2N8O4. The third kappa shape index (κ3) is 8.03. The van der Waals surface area contributed by atoms with Crippen molar-refractivity contribution in [2.75, 3.05) is 17.2 Å². The lowest BCUT2D eigenvalue weighted by Crippen LogP contribution is -2.50. The molecule has 0 radical (unpaired) electrons. The number of anilines is 2. The number of carboxylic acid groups (broad SMARTS) is 1. The van der Waals surface area contributed by atoms with Crippen LogP contribution in [-0.2, 0) is 15.1 Å². The molecule has 36 heavy (non-hydrogen) atoms. The standard InChI is InChI=1S/C22H26Cl2N8O4/c1-2-22(9-18(34)35,12-5-13(23)7-14(24)6-12)32-17(33)10-29-19(36)11-3-15(30-20(25)26)8-16(4-11)31-21(27)28/h3-8H,2,9-10H2,1H3,(H,29,36)(H,32,33)(H,34,35)(H4,25,26,30)(H4,27,28,31). The molecule has 0 aliphatic rings. The van der Waals surface area contributed by atoms with Crippen LogP contribution in [0.5, 0.6) is 0 Å². The summed E-state index contributed by atoms with van der Waals surface area (Å²) in [6, 6.07) is 8.78. The molecule has 0 saturated carbocycles. The smallest absolute Gasteiger partial charge is 0.306 e. The van der Waals surface area contributed by atoms with E-state index in [1.165, 1.54) is 36.4 Å². The summed E-state index contributed by atoms with van der Waals surface area (Å²) in [7, 11) is 0. The number of carbonyl (C=O) groups is 3. The summed E-state index contributed by atoms with van der Waals surface area (Å²) in [6.45, 7) is 1.22. The summed E-state index contributed by atoms with van der Waals surface area (Å²) in [5.41, 5.74) is 10.4. The van der Waals surface area contributed by atoms with Crippen molar-refractivity contribution in [3.05, 3.63) is 57.6 Å². The molecule has 1 atom stereocenters. The second kappa shape index (κ2) is 12.1. The predicted octanol–water partition coefficient (Wildman–Crippen LogP) is 2.23. The number of aliphatic carboxylic acids is 1. The van der Waals surface area contributed by atoms with E-state index in [1.54, 1.807) is 6.92 Å². The zero-order valence-corrected chi connectivity index (χ0v) is 20.7. The van der Waals surface area contributed by atoms with Crippen molar-refractivity contribution < 1.29 is 19.5 Å². The Morgan fingerprint density at radius 2 is 1.47 bits per heavy atom. The minimum atomic E-state index is -1.33. The lowest BCUT2D eigenvalue weighted by Gasteiger charge is -2.33. The maximum Gasteiger partial charge on any atom is 0.306 e. The molecule has 0 saturated heterocycles. The van der Waals surface area contributed by atoms with E-state index in [9.17, 15) is 19.5 Å². The van der Waals surface area contributed by atoms with Crippen LogP contribution in [0.3, 0.4) is 0 Å². The number of nitrogens with two attached hydrogens (primary N) is 2. The third-order valence-corrected chi connectivity index (χ3v) is 5.45. The lowest BCUT2D eigenvalue weighted by atomic mass is 9.84. The first-order chi connectivity index (χ1) is 16.8. The van der Waals surface area contributed by atoms with Gasteiger partial charge in [0.2, 0.25) is 5.91 Å². The van der Waals surface area contributed by atoms with E-state index in [0.717, 1.165) is 0 Å². The van der Waals surface area contributed by atoms with Gasteiger partial charge in [0.1, 0.15) is 0 Å². The highest BCUT2D eigenvalue weighted by molar-refractivity contribution is 6.34. The molecule has 2 rings (SSSR count).